The van der Waals surface area contributed by atoms with Gasteiger partial charge in [-0.05, 0) is 18.7 Å². The fourth-order valence-corrected chi connectivity index (χ4v) is 1.74. The first-order chi connectivity index (χ1) is 9.29. The lowest BCUT2D eigenvalue weighted by molar-refractivity contribution is 0.0909. The molecule has 0 spiro atoms. The summed E-state index contributed by atoms with van der Waals surface area (Å²) >= 11 is 0. The highest BCUT2D eigenvalue weighted by atomic mass is 19.1. The summed E-state index contributed by atoms with van der Waals surface area (Å²) in [6.45, 7) is 4.35. The fourth-order valence-electron chi connectivity index (χ4n) is 1.74. The lowest BCUT2D eigenvalue weighted by atomic mass is 10.2. The van der Waals surface area contributed by atoms with Crippen LogP contribution in [0.3, 0.4) is 0 Å². The first-order valence-corrected chi connectivity index (χ1v) is 6.37. The maximum Gasteiger partial charge on any atom is 0.129 e. The fraction of sp³-hybridized carbons (Fsp3) is 0.333. The predicted molar refractivity (Wildman–Crippen MR) is 71.0 cm³/mol. The third-order valence-corrected chi connectivity index (χ3v) is 2.75. The van der Waals surface area contributed by atoms with Crippen LogP contribution >= 0.6 is 0 Å². The number of rotatable bonds is 7. The van der Waals surface area contributed by atoms with Crippen LogP contribution in [0.25, 0.3) is 0 Å². The summed E-state index contributed by atoms with van der Waals surface area (Å²) in [5, 5.41) is 3.22. The average Bonchev–Trinajstić information content (AvgIpc) is 2.86. The Hall–Kier alpha value is -1.65. The summed E-state index contributed by atoms with van der Waals surface area (Å²) in [6, 6.07) is 8.56. The van der Waals surface area contributed by atoms with E-state index in [9.17, 15) is 4.39 Å². The maximum atomic E-state index is 13.3. The van der Waals surface area contributed by atoms with Crippen LogP contribution in [0.15, 0.2) is 41.0 Å². The van der Waals surface area contributed by atoms with Crippen molar-refractivity contribution in [2.45, 2.75) is 26.7 Å². The second-order valence-electron chi connectivity index (χ2n) is 4.29. The molecule has 1 heterocycles. The third kappa shape index (κ3) is 4.19. The number of ether oxygens (including phenoxy) is 1. The Morgan fingerprint density at radius 1 is 1.26 bits per heavy atom. The Morgan fingerprint density at radius 3 is 2.89 bits per heavy atom. The summed E-state index contributed by atoms with van der Waals surface area (Å²) in [6.07, 6.45) is 1.71. The van der Waals surface area contributed by atoms with E-state index in [0.717, 1.165) is 24.4 Å². The van der Waals surface area contributed by atoms with Crippen LogP contribution in [-0.4, -0.2) is 6.54 Å². The van der Waals surface area contributed by atoms with E-state index < -0.39 is 0 Å². The third-order valence-electron chi connectivity index (χ3n) is 2.75. The maximum absolute atomic E-state index is 13.3. The Kier molecular flexibility index (Phi) is 5.12. The van der Waals surface area contributed by atoms with E-state index in [-0.39, 0.29) is 12.4 Å². The molecule has 0 radical (unpaired) electrons. The van der Waals surface area contributed by atoms with Crippen molar-refractivity contribution in [1.82, 2.24) is 5.32 Å². The molecule has 19 heavy (non-hydrogen) atoms. The van der Waals surface area contributed by atoms with Crippen LogP contribution in [0.4, 0.5) is 4.39 Å². The summed E-state index contributed by atoms with van der Waals surface area (Å²) in [4.78, 5) is 0. The molecular weight excluding hydrogens is 245 g/mol. The van der Waals surface area contributed by atoms with Gasteiger partial charge in [-0.1, -0.05) is 25.1 Å². The summed E-state index contributed by atoms with van der Waals surface area (Å²) in [7, 11) is 0. The molecule has 0 bridgehead atoms. The smallest absolute Gasteiger partial charge is 0.129 e. The minimum atomic E-state index is -0.241. The summed E-state index contributed by atoms with van der Waals surface area (Å²) < 4.78 is 24.2. The second-order valence-corrected chi connectivity index (χ2v) is 4.29. The van der Waals surface area contributed by atoms with Gasteiger partial charge in [0, 0.05) is 17.7 Å². The average molecular weight is 263 g/mol. The zero-order valence-electron chi connectivity index (χ0n) is 11.0. The standard InChI is InChI=1S/C15H18FNO2/c1-2-17-8-12-7-14(19-9-12)11-18-10-13-5-3-4-6-15(13)16/h3-7,9,17H,2,8,10-11H2,1H3. The van der Waals surface area contributed by atoms with Gasteiger partial charge in [-0.2, -0.15) is 0 Å². The SMILES string of the molecule is CCNCc1coc(COCc2ccccc2F)c1. The molecule has 0 aliphatic rings. The summed E-state index contributed by atoms with van der Waals surface area (Å²) in [5.41, 5.74) is 1.65. The molecule has 0 saturated carbocycles. The van der Waals surface area contributed by atoms with Gasteiger partial charge in [-0.25, -0.2) is 4.39 Å². The molecule has 0 fully saturated rings. The molecule has 2 aromatic rings. The van der Waals surface area contributed by atoms with E-state index in [1.165, 1.54) is 6.07 Å². The van der Waals surface area contributed by atoms with Crippen molar-refractivity contribution in [2.24, 2.45) is 0 Å². The molecule has 1 N–H and O–H groups in total. The Morgan fingerprint density at radius 2 is 2.11 bits per heavy atom. The normalized spacial score (nSPS) is 10.8. The molecule has 0 aliphatic heterocycles. The van der Waals surface area contributed by atoms with E-state index in [1.807, 2.05) is 6.07 Å². The molecule has 4 heteroatoms. The molecule has 102 valence electrons. The number of hydrogen-bond acceptors (Lipinski definition) is 3. The topological polar surface area (TPSA) is 34.4 Å². The zero-order chi connectivity index (χ0) is 13.5. The van der Waals surface area contributed by atoms with E-state index in [0.29, 0.717) is 12.2 Å². The quantitative estimate of drug-likeness (QED) is 0.832. The Labute approximate surface area is 112 Å². The highest BCUT2D eigenvalue weighted by Gasteiger charge is 2.04. The van der Waals surface area contributed by atoms with Gasteiger partial charge in [0.15, 0.2) is 0 Å². The minimum absolute atomic E-state index is 0.241. The van der Waals surface area contributed by atoms with Crippen molar-refractivity contribution >= 4 is 0 Å². The highest BCUT2D eigenvalue weighted by Crippen LogP contribution is 2.12. The van der Waals surface area contributed by atoms with Crippen LogP contribution < -0.4 is 5.32 Å². The van der Waals surface area contributed by atoms with Gasteiger partial charge in [0.25, 0.3) is 0 Å². The Bertz CT molecular complexity index is 510. The van der Waals surface area contributed by atoms with Crippen LogP contribution in [0.2, 0.25) is 0 Å². The van der Waals surface area contributed by atoms with Gasteiger partial charge in [0.1, 0.15) is 18.2 Å². The molecule has 0 amide bonds. The second kappa shape index (κ2) is 7.07. The van der Waals surface area contributed by atoms with Gasteiger partial charge in [0.2, 0.25) is 0 Å². The molecular formula is C15H18FNO2. The molecule has 1 aromatic carbocycles. The molecule has 0 aliphatic carbocycles. The van der Waals surface area contributed by atoms with Crippen molar-refractivity contribution < 1.29 is 13.5 Å². The molecule has 0 atom stereocenters. The predicted octanol–water partition coefficient (Wildman–Crippen LogP) is 3.25. The largest absolute Gasteiger partial charge is 0.467 e. The number of benzene rings is 1. The van der Waals surface area contributed by atoms with E-state index in [1.54, 1.807) is 24.5 Å². The van der Waals surface area contributed by atoms with Gasteiger partial charge >= 0.3 is 0 Å². The van der Waals surface area contributed by atoms with E-state index >= 15 is 0 Å². The number of nitrogens with one attached hydrogen (secondary N) is 1. The van der Waals surface area contributed by atoms with Crippen molar-refractivity contribution in [3.63, 3.8) is 0 Å². The van der Waals surface area contributed by atoms with Crippen LogP contribution in [0.5, 0.6) is 0 Å². The van der Waals surface area contributed by atoms with Gasteiger partial charge < -0.3 is 14.5 Å². The first kappa shape index (κ1) is 13.8. The van der Waals surface area contributed by atoms with Gasteiger partial charge in [0.05, 0.1) is 12.9 Å². The van der Waals surface area contributed by atoms with Crippen molar-refractivity contribution in [1.29, 1.82) is 0 Å². The van der Waals surface area contributed by atoms with Crippen molar-refractivity contribution in [2.75, 3.05) is 6.54 Å². The van der Waals surface area contributed by atoms with E-state index in [2.05, 4.69) is 12.2 Å². The minimum Gasteiger partial charge on any atom is -0.467 e. The van der Waals surface area contributed by atoms with Gasteiger partial charge in [-0.15, -0.1) is 0 Å². The van der Waals surface area contributed by atoms with Crippen molar-refractivity contribution in [3.05, 3.63) is 59.3 Å². The lowest BCUT2D eigenvalue weighted by Gasteiger charge is -2.03. The van der Waals surface area contributed by atoms with Crippen LogP contribution in [0, 0.1) is 5.82 Å². The van der Waals surface area contributed by atoms with Gasteiger partial charge in [-0.3, -0.25) is 0 Å². The molecule has 0 saturated heterocycles. The first-order valence-electron chi connectivity index (χ1n) is 6.37. The Balaban J connectivity index is 1.79. The highest BCUT2D eigenvalue weighted by molar-refractivity contribution is 5.16. The monoisotopic (exact) mass is 263 g/mol. The number of furan rings is 1. The van der Waals surface area contributed by atoms with Crippen LogP contribution in [-0.2, 0) is 24.5 Å². The van der Waals surface area contributed by atoms with Crippen LogP contribution in [0.1, 0.15) is 23.8 Å². The molecule has 3 nitrogen and oxygen atoms in total. The lowest BCUT2D eigenvalue weighted by Crippen LogP contribution is -2.10. The zero-order valence-corrected chi connectivity index (χ0v) is 11.0. The number of halogens is 1. The molecule has 0 unspecified atom stereocenters. The molecule has 1 aromatic heterocycles. The molecule has 2 rings (SSSR count). The number of hydrogen-bond donors (Lipinski definition) is 1. The summed E-state index contributed by atoms with van der Waals surface area (Å²) in [5.74, 6) is 0.513. The van der Waals surface area contributed by atoms with Crippen molar-refractivity contribution in [3.8, 4) is 0 Å². The van der Waals surface area contributed by atoms with E-state index in [4.69, 9.17) is 9.15 Å².